The van der Waals surface area contributed by atoms with Crippen molar-refractivity contribution in [3.8, 4) is 6.07 Å². The molecule has 3 aromatic rings. The van der Waals surface area contributed by atoms with Crippen molar-refractivity contribution >= 4 is 28.7 Å². The van der Waals surface area contributed by atoms with Crippen molar-refractivity contribution in [3.05, 3.63) is 65.5 Å². The second kappa shape index (κ2) is 9.07. The molecule has 6 heteroatoms. The number of aromatic nitrogens is 2. The Morgan fingerprint density at radius 2 is 1.55 bits per heavy atom. The minimum atomic E-state index is 0.570. The van der Waals surface area contributed by atoms with E-state index in [0.717, 1.165) is 30.0 Å². The lowest BCUT2D eigenvalue weighted by Crippen LogP contribution is -2.21. The summed E-state index contributed by atoms with van der Waals surface area (Å²) in [6, 6.07) is 17.8. The van der Waals surface area contributed by atoms with E-state index in [1.807, 2.05) is 31.2 Å². The third-order valence-corrected chi connectivity index (χ3v) is 4.75. The van der Waals surface area contributed by atoms with Gasteiger partial charge in [0.05, 0.1) is 11.3 Å². The molecule has 0 bridgehead atoms. The maximum absolute atomic E-state index is 9.29. The molecule has 0 radical (unpaired) electrons. The highest BCUT2D eigenvalue weighted by molar-refractivity contribution is 5.69. The van der Waals surface area contributed by atoms with Gasteiger partial charge in [-0.1, -0.05) is 12.1 Å². The number of hydrogen-bond acceptors (Lipinski definition) is 6. The Morgan fingerprint density at radius 1 is 0.897 bits per heavy atom. The van der Waals surface area contributed by atoms with Crippen LogP contribution in [0.15, 0.2) is 48.5 Å². The monoisotopic (exact) mass is 386 g/mol. The van der Waals surface area contributed by atoms with E-state index in [2.05, 4.69) is 70.5 Å². The van der Waals surface area contributed by atoms with Crippen molar-refractivity contribution < 1.29 is 0 Å². The smallest absolute Gasteiger partial charge is 0.136 e. The Bertz CT molecular complexity index is 1030. The maximum atomic E-state index is 9.29. The third-order valence-electron chi connectivity index (χ3n) is 4.75. The minimum Gasteiger partial charge on any atom is -0.372 e. The first-order valence-electron chi connectivity index (χ1n) is 9.78. The van der Waals surface area contributed by atoms with Gasteiger partial charge >= 0.3 is 0 Å². The quantitative estimate of drug-likeness (QED) is 0.574. The van der Waals surface area contributed by atoms with E-state index in [4.69, 9.17) is 0 Å². The van der Waals surface area contributed by atoms with Crippen LogP contribution in [0.25, 0.3) is 0 Å². The summed E-state index contributed by atoms with van der Waals surface area (Å²) in [5.41, 5.74) is 4.66. The Balaban J connectivity index is 1.84. The molecule has 2 aromatic carbocycles. The van der Waals surface area contributed by atoms with Crippen LogP contribution in [-0.2, 0) is 0 Å². The molecule has 3 rings (SSSR count). The Labute approximate surface area is 172 Å². The molecule has 29 heavy (non-hydrogen) atoms. The number of anilines is 5. The van der Waals surface area contributed by atoms with Crippen LogP contribution < -0.4 is 15.5 Å². The normalized spacial score (nSPS) is 10.3. The zero-order valence-corrected chi connectivity index (χ0v) is 17.3. The van der Waals surface area contributed by atoms with Crippen LogP contribution in [0.4, 0.5) is 28.7 Å². The standard InChI is InChI=1S/C23H26N6/c1-5-29(6-2)19-11-12-20(16(3)13-19)27-22-14-23(26-17(4)25-22)28-21-10-8-7-9-18(21)15-24/h7-14H,5-6H2,1-4H3,(H2,25,26,27,28). The maximum Gasteiger partial charge on any atom is 0.136 e. The summed E-state index contributed by atoms with van der Waals surface area (Å²) < 4.78 is 0. The van der Waals surface area contributed by atoms with E-state index in [0.29, 0.717) is 23.0 Å². The Hall–Kier alpha value is -3.59. The van der Waals surface area contributed by atoms with Crippen molar-refractivity contribution in [3.63, 3.8) is 0 Å². The molecule has 0 fully saturated rings. The molecule has 1 heterocycles. The summed E-state index contributed by atoms with van der Waals surface area (Å²) in [5.74, 6) is 1.98. The van der Waals surface area contributed by atoms with Crippen molar-refractivity contribution in [1.29, 1.82) is 5.26 Å². The van der Waals surface area contributed by atoms with Gasteiger partial charge in [0.25, 0.3) is 0 Å². The SMILES string of the molecule is CCN(CC)c1ccc(Nc2cc(Nc3ccccc3C#N)nc(C)n2)c(C)c1. The topological polar surface area (TPSA) is 76.9 Å². The number of rotatable bonds is 7. The highest BCUT2D eigenvalue weighted by atomic mass is 15.1. The van der Waals surface area contributed by atoms with Crippen molar-refractivity contribution in [1.82, 2.24) is 9.97 Å². The molecule has 148 valence electrons. The van der Waals surface area contributed by atoms with E-state index in [-0.39, 0.29) is 0 Å². The number of aryl methyl sites for hydroxylation is 2. The van der Waals surface area contributed by atoms with Gasteiger partial charge < -0.3 is 15.5 Å². The highest BCUT2D eigenvalue weighted by Gasteiger charge is 2.09. The third kappa shape index (κ3) is 4.82. The fourth-order valence-electron chi connectivity index (χ4n) is 3.23. The van der Waals surface area contributed by atoms with E-state index in [9.17, 15) is 5.26 Å². The van der Waals surface area contributed by atoms with E-state index >= 15 is 0 Å². The van der Waals surface area contributed by atoms with Gasteiger partial charge in [-0.25, -0.2) is 9.97 Å². The van der Waals surface area contributed by atoms with Crippen LogP contribution in [0, 0.1) is 25.2 Å². The molecule has 0 saturated carbocycles. The molecule has 6 nitrogen and oxygen atoms in total. The fourth-order valence-corrected chi connectivity index (χ4v) is 3.23. The molecule has 0 unspecified atom stereocenters. The Kier molecular flexibility index (Phi) is 6.30. The summed E-state index contributed by atoms with van der Waals surface area (Å²) in [6.07, 6.45) is 0. The van der Waals surface area contributed by atoms with Crippen molar-refractivity contribution in [2.45, 2.75) is 27.7 Å². The van der Waals surface area contributed by atoms with Crippen LogP contribution in [0.2, 0.25) is 0 Å². The zero-order chi connectivity index (χ0) is 20.8. The summed E-state index contributed by atoms with van der Waals surface area (Å²) in [6.45, 7) is 10.2. The highest BCUT2D eigenvalue weighted by Crippen LogP contribution is 2.27. The van der Waals surface area contributed by atoms with Crippen LogP contribution in [0.3, 0.4) is 0 Å². The largest absolute Gasteiger partial charge is 0.372 e. The molecule has 2 N–H and O–H groups in total. The molecule has 0 aliphatic rings. The van der Waals surface area contributed by atoms with Gasteiger partial charge in [-0.15, -0.1) is 0 Å². The molecule has 0 atom stereocenters. The van der Waals surface area contributed by atoms with Crippen molar-refractivity contribution in [2.75, 3.05) is 28.6 Å². The summed E-state index contributed by atoms with van der Waals surface area (Å²) >= 11 is 0. The number of nitrogens with zero attached hydrogens (tertiary/aromatic N) is 4. The van der Waals surface area contributed by atoms with Gasteiger partial charge in [-0.2, -0.15) is 5.26 Å². The van der Waals surface area contributed by atoms with E-state index in [1.54, 1.807) is 6.07 Å². The zero-order valence-electron chi connectivity index (χ0n) is 17.3. The van der Waals surface area contributed by atoms with Crippen LogP contribution >= 0.6 is 0 Å². The summed E-state index contributed by atoms with van der Waals surface area (Å²) in [5, 5.41) is 15.9. The molecule has 0 amide bonds. The second-order valence-electron chi connectivity index (χ2n) is 6.76. The molecule has 0 aliphatic carbocycles. The lowest BCUT2D eigenvalue weighted by atomic mass is 10.1. The van der Waals surface area contributed by atoms with Gasteiger partial charge in [-0.05, 0) is 63.6 Å². The van der Waals surface area contributed by atoms with Crippen LogP contribution in [0.1, 0.15) is 30.8 Å². The van der Waals surface area contributed by atoms with Gasteiger partial charge in [-0.3, -0.25) is 0 Å². The van der Waals surface area contributed by atoms with E-state index < -0.39 is 0 Å². The average Bonchev–Trinajstić information content (AvgIpc) is 2.71. The second-order valence-corrected chi connectivity index (χ2v) is 6.76. The van der Waals surface area contributed by atoms with Gasteiger partial charge in [0.1, 0.15) is 23.5 Å². The van der Waals surface area contributed by atoms with Crippen molar-refractivity contribution in [2.24, 2.45) is 0 Å². The molecule has 1 aromatic heterocycles. The number of para-hydroxylation sites is 1. The molecule has 0 spiro atoms. The lowest BCUT2D eigenvalue weighted by molar-refractivity contribution is 0.866. The number of nitrogens with one attached hydrogen (secondary N) is 2. The number of benzene rings is 2. The van der Waals surface area contributed by atoms with Gasteiger partial charge in [0.15, 0.2) is 0 Å². The molecule has 0 saturated heterocycles. The first-order valence-corrected chi connectivity index (χ1v) is 9.78. The average molecular weight is 387 g/mol. The summed E-state index contributed by atoms with van der Waals surface area (Å²) in [7, 11) is 0. The first-order chi connectivity index (χ1) is 14.0. The first kappa shape index (κ1) is 20.2. The predicted molar refractivity (Wildman–Crippen MR) is 119 cm³/mol. The predicted octanol–water partition coefficient (Wildman–Crippen LogP) is 5.30. The van der Waals surface area contributed by atoms with Crippen LogP contribution in [0.5, 0.6) is 0 Å². The Morgan fingerprint density at radius 3 is 2.17 bits per heavy atom. The lowest BCUT2D eigenvalue weighted by Gasteiger charge is -2.22. The number of nitriles is 1. The van der Waals surface area contributed by atoms with Gasteiger partial charge in [0, 0.05) is 30.5 Å². The van der Waals surface area contributed by atoms with E-state index in [1.165, 1.54) is 5.69 Å². The molecular weight excluding hydrogens is 360 g/mol. The fraction of sp³-hybridized carbons (Fsp3) is 0.261. The van der Waals surface area contributed by atoms with Gasteiger partial charge in [0.2, 0.25) is 0 Å². The molecular formula is C23H26N6. The number of hydrogen-bond donors (Lipinski definition) is 2. The summed E-state index contributed by atoms with van der Waals surface area (Å²) in [4.78, 5) is 11.3. The molecule has 0 aliphatic heterocycles. The minimum absolute atomic E-state index is 0.570. The van der Waals surface area contributed by atoms with Crippen LogP contribution in [-0.4, -0.2) is 23.1 Å².